The monoisotopic (exact) mass is 406 g/mol. The summed E-state index contributed by atoms with van der Waals surface area (Å²) in [4.78, 5) is 19.4. The molecular weight excluding hydrogens is 372 g/mol. The highest BCUT2D eigenvalue weighted by atomic mass is 16.2. The number of hydrogen-bond acceptors (Lipinski definition) is 3. The molecule has 30 heavy (non-hydrogen) atoms. The zero-order chi connectivity index (χ0) is 21.1. The number of rotatable bonds is 4. The summed E-state index contributed by atoms with van der Waals surface area (Å²) in [7, 11) is 4.30. The highest BCUT2D eigenvalue weighted by Crippen LogP contribution is 2.30. The fraction of sp³-hybridized carbons (Fsp3) is 0.480. The molecule has 2 heterocycles. The third-order valence-electron chi connectivity index (χ3n) is 6.79. The van der Waals surface area contributed by atoms with Gasteiger partial charge in [0, 0.05) is 43.6 Å². The summed E-state index contributed by atoms with van der Waals surface area (Å²) in [5.41, 5.74) is 4.89. The molecule has 0 spiro atoms. The third kappa shape index (κ3) is 4.62. The number of likely N-dealkylation sites (N-methyl/N-ethyl adjacent to an activating group) is 1. The van der Waals surface area contributed by atoms with E-state index in [0.29, 0.717) is 12.0 Å². The molecule has 1 atom stereocenters. The molecule has 2 saturated heterocycles. The largest absolute Gasteiger partial charge is 0.370 e. The third-order valence-corrected chi connectivity index (χ3v) is 6.79. The lowest BCUT2D eigenvalue weighted by Crippen LogP contribution is -2.40. The van der Waals surface area contributed by atoms with E-state index in [-0.39, 0.29) is 6.03 Å². The number of nitrogens with one attached hydrogen (secondary N) is 1. The number of likely N-dealkylation sites (tertiary alicyclic amines) is 1. The van der Waals surface area contributed by atoms with E-state index in [9.17, 15) is 4.79 Å². The summed E-state index contributed by atoms with van der Waals surface area (Å²) in [5, 5.41) is 3.08. The summed E-state index contributed by atoms with van der Waals surface area (Å²) in [6.07, 6.45) is 3.25. The van der Waals surface area contributed by atoms with Gasteiger partial charge in [-0.2, -0.15) is 0 Å². The van der Waals surface area contributed by atoms with Gasteiger partial charge < -0.3 is 20.0 Å². The normalized spacial score (nSPS) is 20.1. The van der Waals surface area contributed by atoms with Crippen molar-refractivity contribution in [2.45, 2.75) is 38.1 Å². The number of carbonyl (C=O) groups excluding carboxylic acids is 1. The second-order valence-corrected chi connectivity index (χ2v) is 8.95. The first-order valence-electron chi connectivity index (χ1n) is 11.1. The van der Waals surface area contributed by atoms with Crippen LogP contribution in [0.1, 0.15) is 36.3 Å². The molecule has 2 fully saturated rings. The second-order valence-electron chi connectivity index (χ2n) is 8.95. The molecular formula is C25H34N4O. The molecule has 1 N–H and O–H groups in total. The van der Waals surface area contributed by atoms with Crippen molar-refractivity contribution in [2.24, 2.45) is 0 Å². The molecule has 4 rings (SSSR count). The van der Waals surface area contributed by atoms with Crippen molar-refractivity contribution in [2.75, 3.05) is 50.5 Å². The van der Waals surface area contributed by atoms with Crippen LogP contribution in [0.4, 0.5) is 16.2 Å². The van der Waals surface area contributed by atoms with Gasteiger partial charge in [0.15, 0.2) is 0 Å². The molecule has 1 unspecified atom stereocenters. The fourth-order valence-corrected chi connectivity index (χ4v) is 4.79. The number of nitrogens with zero attached hydrogens (tertiary/aromatic N) is 3. The number of carbonyl (C=O) groups is 1. The number of piperidine rings is 1. The molecule has 2 aromatic rings. The SMILES string of the molecule is Cc1ccccc1C1CCN(C(=O)Nc2ccc(N3CCC(N(C)C)C3)cc2)CC1. The molecule has 5 nitrogen and oxygen atoms in total. The van der Waals surface area contributed by atoms with Crippen molar-refractivity contribution in [1.82, 2.24) is 9.80 Å². The van der Waals surface area contributed by atoms with Crippen LogP contribution in [0, 0.1) is 6.92 Å². The molecule has 5 heteroatoms. The van der Waals surface area contributed by atoms with Crippen molar-refractivity contribution in [3.63, 3.8) is 0 Å². The van der Waals surface area contributed by atoms with Crippen LogP contribution in [-0.2, 0) is 0 Å². The Bertz CT molecular complexity index is 856. The van der Waals surface area contributed by atoms with Gasteiger partial charge in [-0.15, -0.1) is 0 Å². The highest BCUT2D eigenvalue weighted by molar-refractivity contribution is 5.89. The summed E-state index contributed by atoms with van der Waals surface area (Å²) in [6.45, 7) is 5.95. The van der Waals surface area contributed by atoms with Crippen molar-refractivity contribution in [3.8, 4) is 0 Å². The Morgan fingerprint density at radius 2 is 1.67 bits per heavy atom. The summed E-state index contributed by atoms with van der Waals surface area (Å²) >= 11 is 0. The minimum atomic E-state index is 0.0137. The topological polar surface area (TPSA) is 38.8 Å². The van der Waals surface area contributed by atoms with Crippen LogP contribution < -0.4 is 10.2 Å². The van der Waals surface area contributed by atoms with Crippen LogP contribution in [0.5, 0.6) is 0 Å². The van der Waals surface area contributed by atoms with Crippen LogP contribution in [0.15, 0.2) is 48.5 Å². The average molecular weight is 407 g/mol. The molecule has 0 radical (unpaired) electrons. The van der Waals surface area contributed by atoms with Crippen molar-refractivity contribution < 1.29 is 4.79 Å². The standard InChI is InChI=1S/C25H34N4O/c1-19-6-4-5-7-24(19)20-12-15-28(16-13-20)25(30)26-21-8-10-22(11-9-21)29-17-14-23(18-29)27(2)3/h4-11,20,23H,12-18H2,1-3H3,(H,26,30). The Morgan fingerprint density at radius 1 is 0.967 bits per heavy atom. The maximum Gasteiger partial charge on any atom is 0.321 e. The number of hydrogen-bond donors (Lipinski definition) is 1. The summed E-state index contributed by atoms with van der Waals surface area (Å²) in [6, 6.07) is 17.6. The van der Waals surface area contributed by atoms with E-state index in [1.54, 1.807) is 0 Å². The minimum absolute atomic E-state index is 0.0137. The minimum Gasteiger partial charge on any atom is -0.370 e. The molecule has 2 amide bonds. The van der Waals surface area contributed by atoms with Crippen LogP contribution in [-0.4, -0.2) is 62.1 Å². The first kappa shape index (κ1) is 20.7. The summed E-state index contributed by atoms with van der Waals surface area (Å²) in [5.74, 6) is 0.556. The van der Waals surface area contributed by atoms with E-state index in [1.807, 2.05) is 17.0 Å². The number of anilines is 2. The van der Waals surface area contributed by atoms with Gasteiger partial charge in [-0.05, 0) is 81.6 Å². The zero-order valence-electron chi connectivity index (χ0n) is 18.5. The number of amides is 2. The molecule has 2 aliphatic heterocycles. The lowest BCUT2D eigenvalue weighted by atomic mass is 9.87. The average Bonchev–Trinajstić information content (AvgIpc) is 3.25. The highest BCUT2D eigenvalue weighted by Gasteiger charge is 2.25. The van der Waals surface area contributed by atoms with Gasteiger partial charge in [-0.25, -0.2) is 4.79 Å². The zero-order valence-corrected chi connectivity index (χ0v) is 18.5. The summed E-state index contributed by atoms with van der Waals surface area (Å²) < 4.78 is 0. The first-order valence-corrected chi connectivity index (χ1v) is 11.1. The maximum atomic E-state index is 12.7. The number of urea groups is 1. The van der Waals surface area contributed by atoms with E-state index in [0.717, 1.165) is 44.7 Å². The van der Waals surface area contributed by atoms with Crippen LogP contribution in [0.3, 0.4) is 0 Å². The van der Waals surface area contributed by atoms with Crippen LogP contribution in [0.2, 0.25) is 0 Å². The lowest BCUT2D eigenvalue weighted by Gasteiger charge is -2.33. The second kappa shape index (κ2) is 9.09. The predicted octanol–water partition coefficient (Wildman–Crippen LogP) is 4.55. The molecule has 0 aliphatic carbocycles. The Hall–Kier alpha value is -2.53. The number of benzene rings is 2. The molecule has 0 saturated carbocycles. The van der Waals surface area contributed by atoms with Gasteiger partial charge in [0.05, 0.1) is 0 Å². The quantitative estimate of drug-likeness (QED) is 0.810. The molecule has 2 aliphatic rings. The first-order chi connectivity index (χ1) is 14.5. The molecule has 0 bridgehead atoms. The van der Waals surface area contributed by atoms with Crippen molar-refractivity contribution in [1.29, 1.82) is 0 Å². The van der Waals surface area contributed by atoms with Gasteiger partial charge in [0.2, 0.25) is 0 Å². The van der Waals surface area contributed by atoms with Crippen molar-refractivity contribution >= 4 is 17.4 Å². The van der Waals surface area contributed by atoms with Crippen LogP contribution >= 0.6 is 0 Å². The van der Waals surface area contributed by atoms with E-state index in [1.165, 1.54) is 23.2 Å². The van der Waals surface area contributed by atoms with Gasteiger partial charge >= 0.3 is 6.03 Å². The van der Waals surface area contributed by atoms with E-state index in [2.05, 4.69) is 72.5 Å². The maximum absolute atomic E-state index is 12.7. The van der Waals surface area contributed by atoms with Gasteiger partial charge in [-0.1, -0.05) is 24.3 Å². The number of aryl methyl sites for hydroxylation is 1. The van der Waals surface area contributed by atoms with Crippen LogP contribution in [0.25, 0.3) is 0 Å². The van der Waals surface area contributed by atoms with Crippen molar-refractivity contribution in [3.05, 3.63) is 59.7 Å². The van der Waals surface area contributed by atoms with E-state index >= 15 is 0 Å². The Kier molecular flexibility index (Phi) is 6.28. The Morgan fingerprint density at radius 3 is 2.30 bits per heavy atom. The smallest absolute Gasteiger partial charge is 0.321 e. The Balaban J connectivity index is 1.29. The van der Waals surface area contributed by atoms with E-state index < -0.39 is 0 Å². The molecule has 160 valence electrons. The molecule has 0 aromatic heterocycles. The fourth-order valence-electron chi connectivity index (χ4n) is 4.79. The van der Waals surface area contributed by atoms with Gasteiger partial charge in [-0.3, -0.25) is 0 Å². The Labute approximate surface area is 180 Å². The predicted molar refractivity (Wildman–Crippen MR) is 124 cm³/mol. The van der Waals surface area contributed by atoms with E-state index in [4.69, 9.17) is 0 Å². The van der Waals surface area contributed by atoms with Gasteiger partial charge in [0.25, 0.3) is 0 Å². The lowest BCUT2D eigenvalue weighted by molar-refractivity contribution is 0.194. The molecule has 2 aromatic carbocycles. The van der Waals surface area contributed by atoms with Gasteiger partial charge in [0.1, 0.15) is 0 Å².